The molecule has 3 aromatic heterocycles. The molecule has 0 radical (unpaired) electrons. The van der Waals surface area contributed by atoms with Gasteiger partial charge < -0.3 is 4.98 Å². The van der Waals surface area contributed by atoms with Crippen LogP contribution in [-0.2, 0) is 28.2 Å². The van der Waals surface area contributed by atoms with Crippen LogP contribution >= 0.6 is 0 Å². The first-order chi connectivity index (χ1) is 14.2. The van der Waals surface area contributed by atoms with Gasteiger partial charge in [0, 0.05) is 30.4 Å². The normalized spacial score (nSPS) is 12.4. The molecule has 0 atom stereocenters. The molecule has 1 N–H and O–H groups in total. The Kier molecular flexibility index (Phi) is 5.07. The molecule has 4 aromatic rings. The number of hydrogen-bond donors (Lipinski definition) is 1. The number of rotatable bonds is 5. The molecule has 4 rings (SSSR count). The zero-order valence-corrected chi connectivity index (χ0v) is 16.3. The minimum Gasteiger partial charge on any atom is -0.346 e. The molecule has 0 saturated carbocycles. The average Bonchev–Trinajstić information content (AvgIpc) is 3.12. The van der Waals surface area contributed by atoms with Gasteiger partial charge in [0.25, 0.3) is 0 Å². The van der Waals surface area contributed by atoms with Gasteiger partial charge in [0.15, 0.2) is 9.84 Å². The van der Waals surface area contributed by atoms with Crippen molar-refractivity contribution in [2.45, 2.75) is 23.2 Å². The molecule has 0 aliphatic rings. The first-order valence-corrected chi connectivity index (χ1v) is 10.6. The van der Waals surface area contributed by atoms with Crippen molar-refractivity contribution in [1.82, 2.24) is 15.0 Å². The molecule has 0 aliphatic heterocycles. The van der Waals surface area contributed by atoms with Gasteiger partial charge in [0.1, 0.15) is 5.65 Å². The summed E-state index contributed by atoms with van der Waals surface area (Å²) in [6.07, 6.45) is 1.27. The summed E-state index contributed by atoms with van der Waals surface area (Å²) in [7, 11) is -3.81. The molecule has 3 heterocycles. The van der Waals surface area contributed by atoms with Gasteiger partial charge in [-0.05, 0) is 53.6 Å². The summed E-state index contributed by atoms with van der Waals surface area (Å²) in [4.78, 5) is 11.4. The molecular weight excluding hydrogens is 415 g/mol. The Hall–Kier alpha value is -3.20. The number of sulfone groups is 1. The van der Waals surface area contributed by atoms with Gasteiger partial charge >= 0.3 is 6.18 Å². The summed E-state index contributed by atoms with van der Waals surface area (Å²) < 4.78 is 63.0. The van der Waals surface area contributed by atoms with Crippen molar-refractivity contribution in [2.75, 3.05) is 0 Å². The number of fused-ring (bicyclic) bond motifs is 1. The number of halogens is 3. The molecule has 0 unspecified atom stereocenters. The number of hydrogen-bond acceptors (Lipinski definition) is 4. The van der Waals surface area contributed by atoms with Crippen LogP contribution in [0.25, 0.3) is 11.0 Å². The second-order valence-corrected chi connectivity index (χ2v) is 8.82. The summed E-state index contributed by atoms with van der Waals surface area (Å²) in [6, 6.07) is 10.7. The van der Waals surface area contributed by atoms with Crippen molar-refractivity contribution >= 4 is 20.9 Å². The van der Waals surface area contributed by atoms with E-state index in [1.807, 2.05) is 18.3 Å². The Morgan fingerprint density at radius 1 is 0.967 bits per heavy atom. The predicted octanol–water partition coefficient (Wildman–Crippen LogP) is 4.54. The van der Waals surface area contributed by atoms with Crippen molar-refractivity contribution in [3.8, 4) is 0 Å². The van der Waals surface area contributed by atoms with E-state index in [9.17, 15) is 21.6 Å². The predicted molar refractivity (Wildman–Crippen MR) is 105 cm³/mol. The van der Waals surface area contributed by atoms with Crippen LogP contribution in [0.3, 0.4) is 0 Å². The number of H-pyrrole nitrogens is 1. The van der Waals surface area contributed by atoms with Gasteiger partial charge in [0.05, 0.1) is 21.9 Å². The summed E-state index contributed by atoms with van der Waals surface area (Å²) >= 11 is 0. The lowest BCUT2D eigenvalue weighted by atomic mass is 10.1. The zero-order chi connectivity index (χ0) is 21.4. The second kappa shape index (κ2) is 7.56. The standard InChI is InChI=1S/C21H16F3N3O2S/c22-21(23,24)16-4-7-18(8-5-16)30(28,29)13-17-6-3-14(11-26-17)10-15-12-27-20-19(15)2-1-9-25-20/h1-9,11-12H,10,13H2,(H,25,27). The molecular formula is C21H16F3N3O2S. The lowest BCUT2D eigenvalue weighted by molar-refractivity contribution is -0.137. The van der Waals surface area contributed by atoms with Crippen LogP contribution < -0.4 is 0 Å². The van der Waals surface area contributed by atoms with E-state index in [-0.39, 0.29) is 4.90 Å². The number of aromatic amines is 1. The first-order valence-electron chi connectivity index (χ1n) is 8.97. The first kappa shape index (κ1) is 20.1. The maximum absolute atomic E-state index is 12.7. The maximum atomic E-state index is 12.7. The van der Waals surface area contributed by atoms with Crippen molar-refractivity contribution in [3.05, 3.63) is 89.5 Å². The Bertz CT molecular complexity index is 1280. The van der Waals surface area contributed by atoms with Gasteiger partial charge in [-0.15, -0.1) is 0 Å². The van der Waals surface area contributed by atoms with Crippen LogP contribution in [0, 0.1) is 0 Å². The molecule has 0 amide bonds. The molecule has 30 heavy (non-hydrogen) atoms. The van der Waals surface area contributed by atoms with Crippen LogP contribution in [-0.4, -0.2) is 23.4 Å². The van der Waals surface area contributed by atoms with E-state index in [4.69, 9.17) is 0 Å². The molecule has 0 bridgehead atoms. The van der Waals surface area contributed by atoms with E-state index < -0.39 is 27.3 Å². The third kappa shape index (κ3) is 4.20. The molecule has 154 valence electrons. The van der Waals surface area contributed by atoms with E-state index in [1.54, 1.807) is 24.5 Å². The van der Waals surface area contributed by atoms with Crippen molar-refractivity contribution in [1.29, 1.82) is 0 Å². The highest BCUT2D eigenvalue weighted by molar-refractivity contribution is 7.90. The van der Waals surface area contributed by atoms with E-state index in [0.717, 1.165) is 46.4 Å². The largest absolute Gasteiger partial charge is 0.416 e. The molecule has 0 spiro atoms. The quantitative estimate of drug-likeness (QED) is 0.503. The van der Waals surface area contributed by atoms with Crippen molar-refractivity contribution in [2.24, 2.45) is 0 Å². The fourth-order valence-corrected chi connectivity index (χ4v) is 4.43. The average molecular weight is 431 g/mol. The topological polar surface area (TPSA) is 75.7 Å². The molecule has 5 nitrogen and oxygen atoms in total. The number of alkyl halides is 3. The van der Waals surface area contributed by atoms with Crippen LogP contribution in [0.5, 0.6) is 0 Å². The third-order valence-electron chi connectivity index (χ3n) is 4.70. The molecule has 0 fully saturated rings. The minimum absolute atomic E-state index is 0.173. The number of pyridine rings is 2. The van der Waals surface area contributed by atoms with Gasteiger partial charge in [-0.1, -0.05) is 6.07 Å². The van der Waals surface area contributed by atoms with Crippen LogP contribution in [0.4, 0.5) is 13.2 Å². The zero-order valence-electron chi connectivity index (χ0n) is 15.5. The van der Waals surface area contributed by atoms with Crippen LogP contribution in [0.1, 0.15) is 22.4 Å². The lowest BCUT2D eigenvalue weighted by Crippen LogP contribution is -2.09. The smallest absolute Gasteiger partial charge is 0.346 e. The van der Waals surface area contributed by atoms with E-state index in [0.29, 0.717) is 12.1 Å². The highest BCUT2D eigenvalue weighted by Crippen LogP contribution is 2.30. The van der Waals surface area contributed by atoms with E-state index in [2.05, 4.69) is 15.0 Å². The van der Waals surface area contributed by atoms with E-state index in [1.165, 1.54) is 0 Å². The number of nitrogens with one attached hydrogen (secondary N) is 1. The van der Waals surface area contributed by atoms with Gasteiger partial charge in [-0.2, -0.15) is 13.2 Å². The fraction of sp³-hybridized carbons (Fsp3) is 0.143. The monoisotopic (exact) mass is 431 g/mol. The Morgan fingerprint density at radius 2 is 1.73 bits per heavy atom. The molecule has 0 saturated heterocycles. The molecule has 9 heteroatoms. The van der Waals surface area contributed by atoms with Crippen LogP contribution in [0.15, 0.2) is 72.0 Å². The summed E-state index contributed by atoms with van der Waals surface area (Å²) in [5.74, 6) is -0.393. The van der Waals surface area contributed by atoms with E-state index >= 15 is 0 Å². The molecule has 1 aromatic carbocycles. The lowest BCUT2D eigenvalue weighted by Gasteiger charge is -2.09. The summed E-state index contributed by atoms with van der Waals surface area (Å²) in [6.45, 7) is 0. The highest BCUT2D eigenvalue weighted by Gasteiger charge is 2.30. The van der Waals surface area contributed by atoms with Gasteiger partial charge in [-0.3, -0.25) is 4.98 Å². The van der Waals surface area contributed by atoms with Crippen LogP contribution in [0.2, 0.25) is 0 Å². The van der Waals surface area contributed by atoms with Gasteiger partial charge in [-0.25, -0.2) is 13.4 Å². The fourth-order valence-electron chi connectivity index (χ4n) is 3.15. The number of aromatic nitrogens is 3. The highest BCUT2D eigenvalue weighted by atomic mass is 32.2. The summed E-state index contributed by atoms with van der Waals surface area (Å²) in [5.41, 5.74) is 2.16. The number of nitrogens with zero attached hydrogens (tertiary/aromatic N) is 2. The molecule has 0 aliphatic carbocycles. The van der Waals surface area contributed by atoms with Gasteiger partial charge in [0.2, 0.25) is 0 Å². The minimum atomic E-state index is -4.51. The number of benzene rings is 1. The van der Waals surface area contributed by atoms with Crippen molar-refractivity contribution in [3.63, 3.8) is 0 Å². The maximum Gasteiger partial charge on any atom is 0.416 e. The Morgan fingerprint density at radius 3 is 2.40 bits per heavy atom. The third-order valence-corrected chi connectivity index (χ3v) is 6.36. The second-order valence-electron chi connectivity index (χ2n) is 6.83. The SMILES string of the molecule is O=S(=O)(Cc1ccc(Cc2c[nH]c3ncccc23)cn1)c1ccc(C(F)(F)F)cc1. The van der Waals surface area contributed by atoms with Crippen molar-refractivity contribution < 1.29 is 21.6 Å². The summed E-state index contributed by atoms with van der Waals surface area (Å²) in [5, 5.41) is 1.01. The Labute approximate surface area is 170 Å². The Balaban J connectivity index is 1.49.